The van der Waals surface area contributed by atoms with Crippen molar-refractivity contribution in [1.29, 1.82) is 0 Å². The lowest BCUT2D eigenvalue weighted by Gasteiger charge is -2.08. The largest absolute Gasteiger partial charge is 0.452 e. The van der Waals surface area contributed by atoms with Gasteiger partial charge in [-0.1, -0.05) is 30.3 Å². The van der Waals surface area contributed by atoms with Crippen molar-refractivity contribution < 1.29 is 27.5 Å². The Bertz CT molecular complexity index is 753. The summed E-state index contributed by atoms with van der Waals surface area (Å²) in [4.78, 5) is 23.2. The van der Waals surface area contributed by atoms with Crippen molar-refractivity contribution in [3.63, 3.8) is 0 Å². The van der Waals surface area contributed by atoms with E-state index in [1.54, 1.807) is 12.1 Å². The van der Waals surface area contributed by atoms with Gasteiger partial charge in [-0.25, -0.2) is 4.79 Å². The molecule has 0 spiro atoms. The highest BCUT2D eigenvalue weighted by Crippen LogP contribution is 2.29. The number of hydrogen-bond donors (Lipinski definition) is 1. The van der Waals surface area contributed by atoms with Gasteiger partial charge in [0.05, 0.1) is 5.56 Å². The van der Waals surface area contributed by atoms with Crippen LogP contribution in [0.3, 0.4) is 0 Å². The highest BCUT2D eigenvalue weighted by atomic mass is 19.4. The first-order valence-corrected chi connectivity index (χ1v) is 7.21. The fourth-order valence-corrected chi connectivity index (χ4v) is 1.85. The molecule has 130 valence electrons. The average Bonchev–Trinajstić information content (AvgIpc) is 2.59. The third kappa shape index (κ3) is 6.14. The van der Waals surface area contributed by atoms with Gasteiger partial charge in [0.1, 0.15) is 0 Å². The van der Waals surface area contributed by atoms with Crippen LogP contribution in [0, 0.1) is 0 Å². The van der Waals surface area contributed by atoms with Gasteiger partial charge in [-0.05, 0) is 35.9 Å². The van der Waals surface area contributed by atoms with Gasteiger partial charge < -0.3 is 10.1 Å². The molecule has 1 N–H and O–H groups in total. The molecule has 0 unspecified atom stereocenters. The van der Waals surface area contributed by atoms with Crippen molar-refractivity contribution in [1.82, 2.24) is 0 Å². The number of alkyl halides is 3. The van der Waals surface area contributed by atoms with Gasteiger partial charge in [-0.2, -0.15) is 13.2 Å². The van der Waals surface area contributed by atoms with Gasteiger partial charge in [-0.3, -0.25) is 4.79 Å². The second kappa shape index (κ2) is 8.14. The van der Waals surface area contributed by atoms with Crippen LogP contribution in [0.5, 0.6) is 0 Å². The molecule has 0 aromatic heterocycles. The van der Waals surface area contributed by atoms with E-state index in [4.69, 9.17) is 4.74 Å². The fourth-order valence-electron chi connectivity index (χ4n) is 1.85. The molecule has 0 saturated carbocycles. The number of rotatable bonds is 5. The summed E-state index contributed by atoms with van der Waals surface area (Å²) in [6.07, 6.45) is -1.72. The molecule has 0 aliphatic heterocycles. The molecule has 2 aromatic carbocycles. The first-order valence-electron chi connectivity index (χ1n) is 7.21. The first kappa shape index (κ1) is 18.3. The maximum absolute atomic E-state index is 12.4. The van der Waals surface area contributed by atoms with Gasteiger partial charge in [0, 0.05) is 11.8 Å². The van der Waals surface area contributed by atoms with E-state index in [2.05, 4.69) is 5.32 Å². The number of hydrogen-bond acceptors (Lipinski definition) is 3. The molecular formula is C18H14F3NO3. The van der Waals surface area contributed by atoms with Crippen molar-refractivity contribution in [3.8, 4) is 0 Å². The molecule has 7 heteroatoms. The smallest absolute Gasteiger partial charge is 0.416 e. The molecule has 0 heterocycles. The molecule has 0 aliphatic carbocycles. The zero-order valence-electron chi connectivity index (χ0n) is 12.9. The zero-order valence-corrected chi connectivity index (χ0v) is 12.9. The second-order valence-electron chi connectivity index (χ2n) is 4.98. The molecule has 0 radical (unpaired) electrons. The molecule has 0 saturated heterocycles. The van der Waals surface area contributed by atoms with Crippen LogP contribution in [-0.4, -0.2) is 18.5 Å². The molecule has 2 rings (SSSR count). The number of halogens is 3. The highest BCUT2D eigenvalue weighted by molar-refractivity contribution is 5.94. The van der Waals surface area contributed by atoms with E-state index in [9.17, 15) is 22.8 Å². The third-order valence-corrected chi connectivity index (χ3v) is 3.05. The predicted octanol–water partition coefficient (Wildman–Crippen LogP) is 3.90. The van der Waals surface area contributed by atoms with E-state index < -0.39 is 30.2 Å². The maximum atomic E-state index is 12.4. The summed E-state index contributed by atoms with van der Waals surface area (Å²) in [5, 5.41) is 2.34. The molecule has 0 fully saturated rings. The first-order chi connectivity index (χ1) is 11.8. The minimum Gasteiger partial charge on any atom is -0.452 e. The quantitative estimate of drug-likeness (QED) is 0.658. The van der Waals surface area contributed by atoms with Crippen LogP contribution in [0.2, 0.25) is 0 Å². The minimum atomic E-state index is -4.44. The van der Waals surface area contributed by atoms with Gasteiger partial charge >= 0.3 is 12.1 Å². The molecule has 0 aliphatic rings. The van der Waals surface area contributed by atoms with E-state index in [0.29, 0.717) is 0 Å². The van der Waals surface area contributed by atoms with Crippen molar-refractivity contribution in [2.75, 3.05) is 11.9 Å². The molecule has 4 nitrogen and oxygen atoms in total. The van der Waals surface area contributed by atoms with Gasteiger partial charge in [0.15, 0.2) is 6.61 Å². The Labute approximate surface area is 141 Å². The number of carbonyl (C=O) groups excluding carboxylic acids is 2. The second-order valence-corrected chi connectivity index (χ2v) is 4.98. The van der Waals surface area contributed by atoms with E-state index in [-0.39, 0.29) is 5.69 Å². The van der Waals surface area contributed by atoms with Crippen molar-refractivity contribution in [3.05, 3.63) is 71.8 Å². The van der Waals surface area contributed by atoms with Crippen molar-refractivity contribution in [2.24, 2.45) is 0 Å². The number of carbonyl (C=O) groups is 2. The number of benzene rings is 2. The van der Waals surface area contributed by atoms with Crippen molar-refractivity contribution in [2.45, 2.75) is 6.18 Å². The van der Waals surface area contributed by atoms with Crippen molar-refractivity contribution >= 4 is 23.6 Å². The lowest BCUT2D eigenvalue weighted by molar-refractivity contribution is -0.142. The fraction of sp³-hybridized carbons (Fsp3) is 0.111. The van der Waals surface area contributed by atoms with Gasteiger partial charge in [-0.15, -0.1) is 0 Å². The maximum Gasteiger partial charge on any atom is 0.416 e. The Balaban J connectivity index is 1.80. The van der Waals surface area contributed by atoms with Crippen LogP contribution >= 0.6 is 0 Å². The third-order valence-electron chi connectivity index (χ3n) is 3.05. The lowest BCUT2D eigenvalue weighted by Crippen LogP contribution is -2.20. The van der Waals surface area contributed by atoms with Gasteiger partial charge in [0.2, 0.25) is 0 Å². The lowest BCUT2D eigenvalue weighted by atomic mass is 10.2. The summed E-state index contributed by atoms with van der Waals surface area (Å²) >= 11 is 0. The Hall–Kier alpha value is -3.09. The standard InChI is InChI=1S/C18H14F3NO3/c19-18(20,21)14-7-9-15(10-8-14)22-16(23)12-25-17(24)11-6-13-4-2-1-3-5-13/h1-11H,12H2,(H,22,23)/b11-6+. The summed E-state index contributed by atoms with van der Waals surface area (Å²) in [5.74, 6) is -1.35. The monoisotopic (exact) mass is 349 g/mol. The van der Waals surface area contributed by atoms with Crippen LogP contribution in [0.15, 0.2) is 60.7 Å². The Morgan fingerprint density at radius 2 is 1.64 bits per heavy atom. The summed E-state index contributed by atoms with van der Waals surface area (Å²) in [6, 6.07) is 13.0. The molecule has 2 aromatic rings. The minimum absolute atomic E-state index is 0.175. The number of anilines is 1. The zero-order chi connectivity index (χ0) is 18.3. The number of ether oxygens (including phenoxy) is 1. The SMILES string of the molecule is O=C(COC(=O)/C=C/c1ccccc1)Nc1ccc(C(F)(F)F)cc1. The Morgan fingerprint density at radius 1 is 1.00 bits per heavy atom. The average molecular weight is 349 g/mol. The predicted molar refractivity (Wildman–Crippen MR) is 86.5 cm³/mol. The Morgan fingerprint density at radius 3 is 2.24 bits per heavy atom. The number of amides is 1. The number of nitrogens with one attached hydrogen (secondary N) is 1. The molecular weight excluding hydrogens is 335 g/mol. The summed E-state index contributed by atoms with van der Waals surface area (Å²) in [5.41, 5.74) is 0.158. The van der Waals surface area contributed by atoms with Crippen LogP contribution < -0.4 is 5.32 Å². The summed E-state index contributed by atoms with van der Waals surface area (Å²) in [7, 11) is 0. The van der Waals surface area contributed by atoms with E-state index >= 15 is 0 Å². The summed E-state index contributed by atoms with van der Waals surface area (Å²) < 4.78 is 42.1. The summed E-state index contributed by atoms with van der Waals surface area (Å²) in [6.45, 7) is -0.543. The molecule has 0 atom stereocenters. The highest BCUT2D eigenvalue weighted by Gasteiger charge is 2.29. The molecule has 1 amide bonds. The van der Waals surface area contributed by atoms with E-state index in [1.807, 2.05) is 18.2 Å². The topological polar surface area (TPSA) is 55.4 Å². The van der Waals surface area contributed by atoms with Crippen LogP contribution in [0.4, 0.5) is 18.9 Å². The Kier molecular flexibility index (Phi) is 5.94. The normalized spacial score (nSPS) is 11.3. The van der Waals surface area contributed by atoms with Crippen LogP contribution in [0.1, 0.15) is 11.1 Å². The number of esters is 1. The van der Waals surface area contributed by atoms with E-state index in [0.717, 1.165) is 29.8 Å². The van der Waals surface area contributed by atoms with Gasteiger partial charge in [0.25, 0.3) is 5.91 Å². The molecule has 0 bridgehead atoms. The van der Waals surface area contributed by atoms with Crippen LogP contribution in [0.25, 0.3) is 6.08 Å². The van der Waals surface area contributed by atoms with Crippen LogP contribution in [-0.2, 0) is 20.5 Å². The molecule has 25 heavy (non-hydrogen) atoms. The van der Waals surface area contributed by atoms with E-state index in [1.165, 1.54) is 12.2 Å².